The lowest BCUT2D eigenvalue weighted by molar-refractivity contribution is 0.0951. The first kappa shape index (κ1) is 11.6. The zero-order valence-electron chi connectivity index (χ0n) is 9.02. The van der Waals surface area contributed by atoms with Gasteiger partial charge in [0.25, 0.3) is 5.91 Å². The Morgan fingerprint density at radius 1 is 1.56 bits per heavy atom. The summed E-state index contributed by atoms with van der Waals surface area (Å²) in [4.78, 5) is 11.7. The number of carbonyl (C=O) groups excluding carboxylic acids is 1. The third kappa shape index (κ3) is 2.61. The van der Waals surface area contributed by atoms with Crippen LogP contribution in [0.1, 0.15) is 28.8 Å². The summed E-state index contributed by atoms with van der Waals surface area (Å²) in [5.41, 5.74) is 0.898. The molecule has 0 aromatic heterocycles. The SMILES string of the molecule is Cc1c(F)cc(C(=O)NCC2CC2)cc1Br. The normalized spacial score (nSPS) is 14.9. The molecule has 1 aromatic carbocycles. The van der Waals surface area contributed by atoms with E-state index in [1.807, 2.05) is 0 Å². The molecule has 1 N–H and O–H groups in total. The number of hydrogen-bond acceptors (Lipinski definition) is 1. The molecule has 1 aromatic rings. The summed E-state index contributed by atoms with van der Waals surface area (Å²) in [6.45, 7) is 2.37. The van der Waals surface area contributed by atoms with E-state index in [0.29, 0.717) is 28.1 Å². The molecule has 86 valence electrons. The predicted molar refractivity (Wildman–Crippen MR) is 63.9 cm³/mol. The third-order valence-electron chi connectivity index (χ3n) is 2.79. The molecule has 16 heavy (non-hydrogen) atoms. The van der Waals surface area contributed by atoms with Crippen molar-refractivity contribution in [1.82, 2.24) is 5.32 Å². The molecular formula is C12H13BrFNO. The largest absolute Gasteiger partial charge is 0.352 e. The fourth-order valence-corrected chi connectivity index (χ4v) is 1.87. The molecule has 0 unspecified atom stereocenters. The van der Waals surface area contributed by atoms with Crippen LogP contribution >= 0.6 is 15.9 Å². The molecule has 1 amide bonds. The fourth-order valence-electron chi connectivity index (χ4n) is 1.44. The molecule has 2 rings (SSSR count). The Kier molecular flexibility index (Phi) is 3.28. The van der Waals surface area contributed by atoms with Crippen molar-refractivity contribution in [2.24, 2.45) is 5.92 Å². The van der Waals surface area contributed by atoms with Gasteiger partial charge in [0.2, 0.25) is 0 Å². The standard InChI is InChI=1S/C12H13BrFNO/c1-7-10(13)4-9(5-11(7)14)12(16)15-6-8-2-3-8/h4-5,8H,2-3,6H2,1H3,(H,15,16). The quantitative estimate of drug-likeness (QED) is 0.909. The molecule has 1 saturated carbocycles. The van der Waals surface area contributed by atoms with E-state index in [1.165, 1.54) is 18.9 Å². The zero-order chi connectivity index (χ0) is 11.7. The second-order valence-corrected chi connectivity index (χ2v) is 5.07. The van der Waals surface area contributed by atoms with Crippen LogP contribution in [0.25, 0.3) is 0 Å². The first-order valence-electron chi connectivity index (χ1n) is 5.32. The molecule has 1 aliphatic carbocycles. The van der Waals surface area contributed by atoms with E-state index in [0.717, 1.165) is 0 Å². The lowest BCUT2D eigenvalue weighted by Gasteiger charge is -2.06. The van der Waals surface area contributed by atoms with Gasteiger partial charge in [0.1, 0.15) is 5.82 Å². The van der Waals surface area contributed by atoms with Crippen molar-refractivity contribution in [2.45, 2.75) is 19.8 Å². The first-order chi connectivity index (χ1) is 7.58. The van der Waals surface area contributed by atoms with E-state index in [1.54, 1.807) is 13.0 Å². The van der Waals surface area contributed by atoms with Crippen molar-refractivity contribution in [1.29, 1.82) is 0 Å². The minimum Gasteiger partial charge on any atom is -0.352 e. The van der Waals surface area contributed by atoms with Crippen LogP contribution in [0.2, 0.25) is 0 Å². The second kappa shape index (κ2) is 4.53. The molecule has 0 spiro atoms. The Morgan fingerprint density at radius 2 is 2.25 bits per heavy atom. The monoisotopic (exact) mass is 285 g/mol. The van der Waals surface area contributed by atoms with Crippen molar-refractivity contribution in [3.8, 4) is 0 Å². The van der Waals surface area contributed by atoms with Gasteiger partial charge in [0.15, 0.2) is 0 Å². The summed E-state index contributed by atoms with van der Waals surface area (Å²) in [7, 11) is 0. The number of halogens is 2. The van der Waals surface area contributed by atoms with Crippen molar-refractivity contribution < 1.29 is 9.18 Å². The van der Waals surface area contributed by atoms with E-state index in [-0.39, 0.29) is 11.7 Å². The van der Waals surface area contributed by atoms with Crippen LogP contribution in [0.5, 0.6) is 0 Å². The van der Waals surface area contributed by atoms with Crippen LogP contribution < -0.4 is 5.32 Å². The minimum atomic E-state index is -0.356. The number of hydrogen-bond donors (Lipinski definition) is 1. The molecule has 1 fully saturated rings. The summed E-state index contributed by atoms with van der Waals surface area (Å²) >= 11 is 3.24. The minimum absolute atomic E-state index is 0.202. The Bertz CT molecular complexity index is 406. The molecule has 0 radical (unpaired) electrons. The van der Waals surface area contributed by atoms with Gasteiger partial charge in [-0.15, -0.1) is 0 Å². The Balaban J connectivity index is 2.09. The molecule has 0 bridgehead atoms. The van der Waals surface area contributed by atoms with Gasteiger partial charge < -0.3 is 5.32 Å². The maximum Gasteiger partial charge on any atom is 0.251 e. The summed E-state index contributed by atoms with van der Waals surface area (Å²) in [5.74, 6) is 0.0696. The maximum atomic E-state index is 13.4. The van der Waals surface area contributed by atoms with Gasteiger partial charge in [-0.2, -0.15) is 0 Å². The van der Waals surface area contributed by atoms with Crippen molar-refractivity contribution in [3.05, 3.63) is 33.5 Å². The van der Waals surface area contributed by atoms with Crippen LogP contribution in [-0.2, 0) is 0 Å². The van der Waals surface area contributed by atoms with Crippen molar-refractivity contribution in [2.75, 3.05) is 6.54 Å². The lowest BCUT2D eigenvalue weighted by atomic mass is 10.1. The highest BCUT2D eigenvalue weighted by molar-refractivity contribution is 9.10. The van der Waals surface area contributed by atoms with E-state index in [9.17, 15) is 9.18 Å². The molecular weight excluding hydrogens is 273 g/mol. The Hall–Kier alpha value is -0.900. The highest BCUT2D eigenvalue weighted by atomic mass is 79.9. The topological polar surface area (TPSA) is 29.1 Å². The van der Waals surface area contributed by atoms with Crippen molar-refractivity contribution >= 4 is 21.8 Å². The lowest BCUT2D eigenvalue weighted by Crippen LogP contribution is -2.25. The van der Waals surface area contributed by atoms with E-state index < -0.39 is 0 Å². The smallest absolute Gasteiger partial charge is 0.251 e. The molecule has 0 saturated heterocycles. The first-order valence-corrected chi connectivity index (χ1v) is 6.11. The van der Waals surface area contributed by atoms with Gasteiger partial charge in [0, 0.05) is 16.6 Å². The number of rotatable bonds is 3. The molecule has 2 nitrogen and oxygen atoms in total. The number of carbonyl (C=O) groups is 1. The van der Waals surface area contributed by atoms with Crippen LogP contribution in [0.3, 0.4) is 0 Å². The van der Waals surface area contributed by atoms with Gasteiger partial charge >= 0.3 is 0 Å². The Labute approximate surface area is 102 Å². The molecule has 1 aliphatic rings. The van der Waals surface area contributed by atoms with Gasteiger partial charge in [-0.25, -0.2) is 4.39 Å². The number of amides is 1. The average Bonchev–Trinajstić information content (AvgIpc) is 3.05. The molecule has 4 heteroatoms. The van der Waals surface area contributed by atoms with E-state index in [4.69, 9.17) is 0 Å². The maximum absolute atomic E-state index is 13.4. The van der Waals surface area contributed by atoms with Gasteiger partial charge in [-0.05, 0) is 43.4 Å². The van der Waals surface area contributed by atoms with E-state index in [2.05, 4.69) is 21.2 Å². The summed E-state index contributed by atoms with van der Waals surface area (Å²) in [6.07, 6.45) is 2.37. The van der Waals surface area contributed by atoms with Crippen LogP contribution in [0.4, 0.5) is 4.39 Å². The zero-order valence-corrected chi connectivity index (χ0v) is 10.6. The highest BCUT2D eigenvalue weighted by Gasteiger charge is 2.22. The van der Waals surface area contributed by atoms with Gasteiger partial charge in [0.05, 0.1) is 0 Å². The van der Waals surface area contributed by atoms with Crippen LogP contribution in [0.15, 0.2) is 16.6 Å². The van der Waals surface area contributed by atoms with Crippen LogP contribution in [-0.4, -0.2) is 12.5 Å². The number of nitrogens with one attached hydrogen (secondary N) is 1. The Morgan fingerprint density at radius 3 is 2.81 bits per heavy atom. The van der Waals surface area contributed by atoms with Gasteiger partial charge in [-0.1, -0.05) is 15.9 Å². The number of benzene rings is 1. The molecule has 0 aliphatic heterocycles. The third-order valence-corrected chi connectivity index (χ3v) is 3.62. The molecule has 0 atom stereocenters. The molecule has 0 heterocycles. The highest BCUT2D eigenvalue weighted by Crippen LogP contribution is 2.27. The second-order valence-electron chi connectivity index (χ2n) is 4.22. The van der Waals surface area contributed by atoms with Crippen LogP contribution in [0, 0.1) is 18.7 Å². The summed E-state index contributed by atoms with van der Waals surface area (Å²) in [5, 5.41) is 2.81. The fraction of sp³-hybridized carbons (Fsp3) is 0.417. The summed E-state index contributed by atoms with van der Waals surface area (Å²) < 4.78 is 14.0. The van der Waals surface area contributed by atoms with Gasteiger partial charge in [-0.3, -0.25) is 4.79 Å². The van der Waals surface area contributed by atoms with Crippen molar-refractivity contribution in [3.63, 3.8) is 0 Å². The average molecular weight is 286 g/mol. The van der Waals surface area contributed by atoms with E-state index >= 15 is 0 Å². The summed E-state index contributed by atoms with van der Waals surface area (Å²) in [6, 6.07) is 2.93. The predicted octanol–water partition coefficient (Wildman–Crippen LogP) is 3.04.